The summed E-state index contributed by atoms with van der Waals surface area (Å²) in [6, 6.07) is 22.2. The first kappa shape index (κ1) is 17.3. The van der Waals surface area contributed by atoms with E-state index in [4.69, 9.17) is 0 Å². The number of halogens is 1. The normalized spacial score (nSPS) is 13.9. The molecule has 4 rings (SSSR count). The fourth-order valence-electron chi connectivity index (χ4n) is 2.95. The van der Waals surface area contributed by atoms with Crippen LogP contribution in [0.5, 0.6) is 0 Å². The Kier molecular flexibility index (Phi) is 5.09. The first-order valence-corrected chi connectivity index (χ1v) is 10.2. The van der Waals surface area contributed by atoms with E-state index in [1.54, 1.807) is 16.7 Å². The van der Waals surface area contributed by atoms with Crippen LogP contribution >= 0.6 is 27.7 Å². The highest BCUT2D eigenvalue weighted by Gasteiger charge is 2.25. The first-order valence-electron chi connectivity index (χ1n) is 8.43. The number of hydrogen-bond donors (Lipinski definition) is 0. The maximum atomic E-state index is 13.0. The molecule has 0 fully saturated rings. The molecule has 0 radical (unpaired) electrons. The predicted octanol–water partition coefficient (Wildman–Crippen LogP) is 5.35. The Balaban J connectivity index is 1.49. The third kappa shape index (κ3) is 3.69. The molecule has 0 N–H and O–H groups in total. The van der Waals surface area contributed by atoms with Crippen LogP contribution in [-0.4, -0.2) is 29.1 Å². The first-order chi connectivity index (χ1) is 12.7. The molecule has 1 amide bonds. The van der Waals surface area contributed by atoms with Gasteiger partial charge in [0.25, 0.3) is 5.91 Å². The van der Waals surface area contributed by atoms with Gasteiger partial charge in [-0.25, -0.2) is 0 Å². The third-order valence-electron chi connectivity index (χ3n) is 4.32. The van der Waals surface area contributed by atoms with Gasteiger partial charge in [-0.15, -0.1) is 0 Å². The summed E-state index contributed by atoms with van der Waals surface area (Å²) in [7, 11) is 0. The van der Waals surface area contributed by atoms with Gasteiger partial charge < -0.3 is 0 Å². The van der Waals surface area contributed by atoms with E-state index in [0.29, 0.717) is 18.7 Å². The van der Waals surface area contributed by atoms with Crippen LogP contribution in [0.4, 0.5) is 0 Å². The molecule has 26 heavy (non-hydrogen) atoms. The molecule has 3 nitrogen and oxygen atoms in total. The summed E-state index contributed by atoms with van der Waals surface area (Å²) in [5.41, 5.74) is 1.92. The van der Waals surface area contributed by atoms with Gasteiger partial charge in [0.2, 0.25) is 0 Å². The van der Waals surface area contributed by atoms with E-state index in [-0.39, 0.29) is 5.91 Å². The van der Waals surface area contributed by atoms with Crippen molar-refractivity contribution in [1.29, 1.82) is 0 Å². The summed E-state index contributed by atoms with van der Waals surface area (Å²) in [6.07, 6.45) is 0. The number of nitrogens with zero attached hydrogens (tertiary/aromatic N) is 2. The van der Waals surface area contributed by atoms with Crippen LogP contribution in [0, 0.1) is 0 Å². The molecular formula is C21H17BrN2OS. The second-order valence-corrected chi connectivity index (χ2v) is 7.96. The van der Waals surface area contributed by atoms with E-state index in [2.05, 4.69) is 39.1 Å². The van der Waals surface area contributed by atoms with Crippen LogP contribution in [0.3, 0.4) is 0 Å². The van der Waals surface area contributed by atoms with Gasteiger partial charge in [-0.3, -0.25) is 14.7 Å². The van der Waals surface area contributed by atoms with Crippen molar-refractivity contribution in [2.24, 2.45) is 4.99 Å². The lowest BCUT2D eigenvalue weighted by atomic mass is 10.1. The highest BCUT2D eigenvalue weighted by atomic mass is 79.9. The van der Waals surface area contributed by atoms with E-state index >= 15 is 0 Å². The molecule has 1 aliphatic heterocycles. The van der Waals surface area contributed by atoms with Crippen LogP contribution in [0.25, 0.3) is 10.8 Å². The number of carbonyl (C=O) groups excluding carboxylic acids is 1. The van der Waals surface area contributed by atoms with Crippen molar-refractivity contribution in [3.05, 3.63) is 82.3 Å². The zero-order valence-electron chi connectivity index (χ0n) is 14.1. The van der Waals surface area contributed by atoms with E-state index in [0.717, 1.165) is 26.2 Å². The molecule has 0 saturated heterocycles. The smallest absolute Gasteiger partial charge is 0.259 e. The summed E-state index contributed by atoms with van der Waals surface area (Å²) in [6.45, 7) is 1.32. The molecule has 3 aromatic carbocycles. The fourth-order valence-corrected chi connectivity index (χ4v) is 4.21. The molecule has 0 bridgehead atoms. The maximum Gasteiger partial charge on any atom is 0.259 e. The number of carbonyl (C=O) groups is 1. The lowest BCUT2D eigenvalue weighted by Crippen LogP contribution is -2.32. The average molecular weight is 425 g/mol. The second kappa shape index (κ2) is 7.64. The van der Waals surface area contributed by atoms with Crippen LogP contribution in [0.15, 0.2) is 76.2 Å². The monoisotopic (exact) mass is 424 g/mol. The number of aliphatic imine (C=N–C) groups is 1. The van der Waals surface area contributed by atoms with E-state index in [1.165, 1.54) is 5.56 Å². The van der Waals surface area contributed by atoms with Gasteiger partial charge in [0.05, 0.1) is 6.54 Å². The molecule has 0 aliphatic carbocycles. The van der Waals surface area contributed by atoms with E-state index < -0.39 is 0 Å². The standard InChI is InChI=1S/C21H17BrN2OS/c22-19-9-5-15(6-10-19)14-26-21-23-11-12-24(21)20(25)18-8-7-16-3-1-2-4-17(16)13-18/h1-10,13H,11-12,14H2. The number of rotatable bonds is 3. The Bertz CT molecular complexity index is 985. The Morgan fingerprint density at radius 2 is 1.81 bits per heavy atom. The van der Waals surface area contributed by atoms with Gasteiger partial charge in [0.15, 0.2) is 5.17 Å². The van der Waals surface area contributed by atoms with Gasteiger partial charge in [-0.2, -0.15) is 0 Å². The summed E-state index contributed by atoms with van der Waals surface area (Å²) in [4.78, 5) is 19.3. The Hall–Kier alpha value is -2.11. The summed E-state index contributed by atoms with van der Waals surface area (Å²) < 4.78 is 1.07. The molecular weight excluding hydrogens is 408 g/mol. The van der Waals surface area contributed by atoms with Crippen LogP contribution in [0.1, 0.15) is 15.9 Å². The van der Waals surface area contributed by atoms with Crippen molar-refractivity contribution in [3.8, 4) is 0 Å². The molecule has 3 aromatic rings. The molecule has 0 unspecified atom stereocenters. The van der Waals surface area contributed by atoms with Gasteiger partial charge >= 0.3 is 0 Å². The van der Waals surface area contributed by atoms with Crippen molar-refractivity contribution in [1.82, 2.24) is 4.90 Å². The van der Waals surface area contributed by atoms with Crippen molar-refractivity contribution >= 4 is 49.5 Å². The zero-order chi connectivity index (χ0) is 17.9. The molecule has 1 aliphatic rings. The lowest BCUT2D eigenvalue weighted by Gasteiger charge is -2.18. The van der Waals surface area contributed by atoms with Crippen LogP contribution < -0.4 is 0 Å². The number of fused-ring (bicyclic) bond motifs is 1. The van der Waals surface area contributed by atoms with Crippen molar-refractivity contribution < 1.29 is 4.79 Å². The molecule has 0 saturated carbocycles. The number of benzene rings is 3. The number of hydrogen-bond acceptors (Lipinski definition) is 3. The molecule has 1 heterocycles. The van der Waals surface area contributed by atoms with Gasteiger partial charge in [-0.05, 0) is 40.6 Å². The lowest BCUT2D eigenvalue weighted by molar-refractivity contribution is 0.0861. The largest absolute Gasteiger partial charge is 0.286 e. The van der Waals surface area contributed by atoms with E-state index in [1.807, 2.05) is 48.5 Å². The second-order valence-electron chi connectivity index (χ2n) is 6.10. The summed E-state index contributed by atoms with van der Waals surface area (Å²) >= 11 is 5.07. The van der Waals surface area contributed by atoms with E-state index in [9.17, 15) is 4.79 Å². The molecule has 0 spiro atoms. The summed E-state index contributed by atoms with van der Waals surface area (Å²) in [5.74, 6) is 0.823. The zero-order valence-corrected chi connectivity index (χ0v) is 16.5. The van der Waals surface area contributed by atoms with Crippen molar-refractivity contribution in [2.75, 3.05) is 13.1 Å². The number of amides is 1. The number of thioether (sulfide) groups is 1. The Morgan fingerprint density at radius 1 is 1.04 bits per heavy atom. The highest BCUT2D eigenvalue weighted by molar-refractivity contribution is 9.10. The van der Waals surface area contributed by atoms with Gasteiger partial charge in [0, 0.05) is 22.3 Å². The fraction of sp³-hybridized carbons (Fsp3) is 0.143. The van der Waals surface area contributed by atoms with Crippen LogP contribution in [-0.2, 0) is 5.75 Å². The minimum atomic E-state index is 0.0234. The maximum absolute atomic E-state index is 13.0. The molecule has 5 heteroatoms. The average Bonchev–Trinajstić information content (AvgIpc) is 3.15. The number of amidine groups is 1. The van der Waals surface area contributed by atoms with Gasteiger partial charge in [0.1, 0.15) is 0 Å². The van der Waals surface area contributed by atoms with Crippen LogP contribution in [0.2, 0.25) is 0 Å². The molecule has 130 valence electrons. The summed E-state index contributed by atoms with van der Waals surface area (Å²) in [5, 5.41) is 3.04. The Labute approximate surface area is 165 Å². The minimum Gasteiger partial charge on any atom is -0.286 e. The highest BCUT2D eigenvalue weighted by Crippen LogP contribution is 2.23. The van der Waals surface area contributed by atoms with Gasteiger partial charge in [-0.1, -0.05) is 70.2 Å². The third-order valence-corrected chi connectivity index (χ3v) is 5.94. The van der Waals surface area contributed by atoms with Crippen molar-refractivity contribution in [3.63, 3.8) is 0 Å². The topological polar surface area (TPSA) is 32.7 Å². The SMILES string of the molecule is O=C(c1ccc2ccccc2c1)N1CCN=C1SCc1ccc(Br)cc1. The predicted molar refractivity (Wildman–Crippen MR) is 113 cm³/mol. The molecule has 0 aromatic heterocycles. The Morgan fingerprint density at radius 3 is 2.62 bits per heavy atom. The molecule has 0 atom stereocenters. The quantitative estimate of drug-likeness (QED) is 0.567. The minimum absolute atomic E-state index is 0.0234. The van der Waals surface area contributed by atoms with Crippen molar-refractivity contribution in [2.45, 2.75) is 5.75 Å².